The van der Waals surface area contributed by atoms with Gasteiger partial charge < -0.3 is 10.6 Å². The van der Waals surface area contributed by atoms with Crippen LogP contribution < -0.4 is 10.6 Å². The minimum absolute atomic E-state index is 0.299. The van der Waals surface area contributed by atoms with Gasteiger partial charge in [0.2, 0.25) is 0 Å². The van der Waals surface area contributed by atoms with Gasteiger partial charge in [0.05, 0.1) is 11.4 Å². The summed E-state index contributed by atoms with van der Waals surface area (Å²) in [7, 11) is 0. The molecule has 0 radical (unpaired) electrons. The van der Waals surface area contributed by atoms with Crippen LogP contribution in [-0.2, 0) is 0 Å². The van der Waals surface area contributed by atoms with Crippen LogP contribution >= 0.6 is 0 Å². The highest BCUT2D eigenvalue weighted by Gasteiger charge is 2.11. The zero-order valence-corrected chi connectivity index (χ0v) is 17.6. The van der Waals surface area contributed by atoms with Crippen LogP contribution in [0.1, 0.15) is 32.1 Å². The molecule has 4 aromatic rings. The Morgan fingerprint density at radius 3 is 2.03 bits per heavy atom. The first-order chi connectivity index (χ1) is 15.4. The normalized spacial score (nSPS) is 10.6. The number of benzene rings is 3. The maximum Gasteiger partial charge on any atom is 0.255 e. The summed E-state index contributed by atoms with van der Waals surface area (Å²) < 4.78 is 15.1. The Labute approximate surface area is 184 Å². The van der Waals surface area contributed by atoms with Crippen LogP contribution in [0.2, 0.25) is 0 Å². The van der Waals surface area contributed by atoms with Crippen molar-refractivity contribution in [3.8, 4) is 5.69 Å². The first kappa shape index (κ1) is 21.0. The minimum atomic E-state index is -0.437. The largest absolute Gasteiger partial charge is 0.322 e. The van der Waals surface area contributed by atoms with E-state index in [1.165, 1.54) is 18.2 Å². The molecule has 0 bridgehead atoms. The Morgan fingerprint density at radius 1 is 0.781 bits per heavy atom. The molecule has 0 fully saturated rings. The van der Waals surface area contributed by atoms with Crippen molar-refractivity contribution < 1.29 is 14.0 Å². The molecule has 1 heterocycles. The summed E-state index contributed by atoms with van der Waals surface area (Å²) in [6.07, 6.45) is 0. The second-order valence-corrected chi connectivity index (χ2v) is 7.39. The van der Waals surface area contributed by atoms with Crippen LogP contribution in [0.15, 0.2) is 78.9 Å². The number of aryl methyl sites for hydroxylation is 2. The average molecular weight is 428 g/mol. The number of rotatable bonds is 5. The second-order valence-electron chi connectivity index (χ2n) is 7.39. The van der Waals surface area contributed by atoms with Gasteiger partial charge in [-0.1, -0.05) is 12.1 Å². The van der Waals surface area contributed by atoms with E-state index in [1.807, 2.05) is 36.7 Å². The molecule has 0 aliphatic carbocycles. The summed E-state index contributed by atoms with van der Waals surface area (Å²) in [4.78, 5) is 25.1. The van der Waals surface area contributed by atoms with Crippen LogP contribution in [-0.4, -0.2) is 21.6 Å². The molecule has 32 heavy (non-hydrogen) atoms. The lowest BCUT2D eigenvalue weighted by molar-refractivity contribution is 0.101. The van der Waals surface area contributed by atoms with Gasteiger partial charge >= 0.3 is 0 Å². The highest BCUT2D eigenvalue weighted by molar-refractivity contribution is 6.07. The maximum atomic E-state index is 13.3. The smallest absolute Gasteiger partial charge is 0.255 e. The molecule has 2 N–H and O–H groups in total. The van der Waals surface area contributed by atoms with Gasteiger partial charge in [0.25, 0.3) is 11.8 Å². The second kappa shape index (κ2) is 8.85. The van der Waals surface area contributed by atoms with Gasteiger partial charge in [0.15, 0.2) is 0 Å². The third kappa shape index (κ3) is 4.73. The van der Waals surface area contributed by atoms with E-state index in [9.17, 15) is 14.0 Å². The molecule has 6 nitrogen and oxygen atoms in total. The van der Waals surface area contributed by atoms with Crippen molar-refractivity contribution in [1.82, 2.24) is 9.78 Å². The van der Waals surface area contributed by atoms with Crippen molar-refractivity contribution in [2.45, 2.75) is 13.8 Å². The molecule has 2 amide bonds. The predicted octanol–water partition coefficient (Wildman–Crippen LogP) is 5.13. The fourth-order valence-corrected chi connectivity index (χ4v) is 3.36. The van der Waals surface area contributed by atoms with Crippen molar-refractivity contribution in [2.75, 3.05) is 10.6 Å². The van der Waals surface area contributed by atoms with Crippen molar-refractivity contribution >= 4 is 23.2 Å². The monoisotopic (exact) mass is 428 g/mol. The number of amides is 2. The fourth-order valence-electron chi connectivity index (χ4n) is 3.36. The molecule has 3 aromatic carbocycles. The third-order valence-electron chi connectivity index (χ3n) is 4.85. The number of halogens is 1. The number of carbonyl (C=O) groups excluding carboxylic acids is 2. The summed E-state index contributed by atoms with van der Waals surface area (Å²) in [6, 6.07) is 21.3. The first-order valence-corrected chi connectivity index (χ1v) is 10.0. The Hall–Kier alpha value is -4.26. The summed E-state index contributed by atoms with van der Waals surface area (Å²) >= 11 is 0. The Balaban J connectivity index is 1.45. The summed E-state index contributed by atoms with van der Waals surface area (Å²) in [5.41, 5.74) is 4.44. The van der Waals surface area contributed by atoms with Crippen molar-refractivity contribution in [3.63, 3.8) is 0 Å². The topological polar surface area (TPSA) is 76.0 Å². The Morgan fingerprint density at radius 2 is 1.41 bits per heavy atom. The molecular weight excluding hydrogens is 407 g/mol. The molecule has 0 saturated carbocycles. The lowest BCUT2D eigenvalue weighted by atomic mass is 10.1. The highest BCUT2D eigenvalue weighted by Crippen LogP contribution is 2.17. The number of nitrogens with zero attached hydrogens (tertiary/aromatic N) is 2. The number of anilines is 2. The number of nitrogens with one attached hydrogen (secondary N) is 2. The lowest BCUT2D eigenvalue weighted by Gasteiger charge is -2.09. The molecule has 0 spiro atoms. The molecule has 7 heteroatoms. The SMILES string of the molecule is Cc1cc(C)n(-c2ccc(C(=O)Nc3cccc(C(=O)Nc4cccc(F)c4)c3)cc2)n1. The minimum Gasteiger partial charge on any atom is -0.322 e. The van der Waals surface area contributed by atoms with E-state index < -0.39 is 11.7 Å². The zero-order valence-electron chi connectivity index (χ0n) is 17.6. The molecular formula is C25H21FN4O2. The van der Waals surface area contributed by atoms with E-state index in [2.05, 4.69) is 15.7 Å². The number of carbonyl (C=O) groups is 2. The van der Waals surface area contributed by atoms with E-state index in [4.69, 9.17) is 0 Å². The van der Waals surface area contributed by atoms with Crippen LogP contribution in [0.4, 0.5) is 15.8 Å². The van der Waals surface area contributed by atoms with Gasteiger partial charge in [-0.2, -0.15) is 5.10 Å². The van der Waals surface area contributed by atoms with E-state index in [0.717, 1.165) is 17.1 Å². The summed E-state index contributed by atoms with van der Waals surface area (Å²) in [6.45, 7) is 3.90. The number of hydrogen-bond donors (Lipinski definition) is 2. The molecule has 0 aliphatic heterocycles. The van der Waals surface area contributed by atoms with Crippen LogP contribution in [0.5, 0.6) is 0 Å². The van der Waals surface area contributed by atoms with Gasteiger partial charge in [-0.3, -0.25) is 9.59 Å². The summed E-state index contributed by atoms with van der Waals surface area (Å²) in [5, 5.41) is 9.88. The first-order valence-electron chi connectivity index (χ1n) is 10.0. The number of hydrogen-bond acceptors (Lipinski definition) is 3. The van der Waals surface area contributed by atoms with Crippen LogP contribution in [0.3, 0.4) is 0 Å². The highest BCUT2D eigenvalue weighted by atomic mass is 19.1. The van der Waals surface area contributed by atoms with E-state index in [1.54, 1.807) is 42.5 Å². The Kier molecular flexibility index (Phi) is 5.81. The lowest BCUT2D eigenvalue weighted by Crippen LogP contribution is -2.15. The molecule has 0 aliphatic rings. The molecule has 160 valence electrons. The van der Waals surface area contributed by atoms with E-state index >= 15 is 0 Å². The summed E-state index contributed by atoms with van der Waals surface area (Å²) in [5.74, 6) is -1.14. The average Bonchev–Trinajstić information content (AvgIpc) is 3.12. The third-order valence-corrected chi connectivity index (χ3v) is 4.85. The Bertz CT molecular complexity index is 1300. The molecule has 0 unspecified atom stereocenters. The van der Waals surface area contributed by atoms with Gasteiger partial charge in [-0.05, 0) is 80.6 Å². The van der Waals surface area contributed by atoms with Crippen molar-refractivity contribution in [2.24, 2.45) is 0 Å². The van der Waals surface area contributed by atoms with Gasteiger partial charge in [-0.25, -0.2) is 9.07 Å². The molecule has 4 rings (SSSR count). The molecule has 0 saturated heterocycles. The molecule has 1 aromatic heterocycles. The number of aromatic nitrogens is 2. The molecule has 0 atom stereocenters. The standard InChI is InChI=1S/C25H21FN4O2/c1-16-13-17(2)30(29-16)23-11-9-18(10-12-23)24(31)27-21-7-3-5-19(14-21)25(32)28-22-8-4-6-20(26)15-22/h3-15H,1-2H3,(H,27,31)(H,28,32). The fraction of sp³-hybridized carbons (Fsp3) is 0.0800. The van der Waals surface area contributed by atoms with E-state index in [0.29, 0.717) is 22.5 Å². The van der Waals surface area contributed by atoms with Gasteiger partial charge in [0.1, 0.15) is 5.82 Å². The van der Waals surface area contributed by atoms with Crippen molar-refractivity contribution in [3.05, 3.63) is 107 Å². The van der Waals surface area contributed by atoms with Crippen LogP contribution in [0.25, 0.3) is 5.69 Å². The van der Waals surface area contributed by atoms with Crippen molar-refractivity contribution in [1.29, 1.82) is 0 Å². The van der Waals surface area contributed by atoms with E-state index in [-0.39, 0.29) is 5.91 Å². The maximum absolute atomic E-state index is 13.3. The van der Waals surface area contributed by atoms with Gasteiger partial charge in [-0.15, -0.1) is 0 Å². The van der Waals surface area contributed by atoms with Gasteiger partial charge in [0, 0.05) is 28.2 Å². The zero-order chi connectivity index (χ0) is 22.7. The quantitative estimate of drug-likeness (QED) is 0.463. The predicted molar refractivity (Wildman–Crippen MR) is 122 cm³/mol. The van der Waals surface area contributed by atoms with Crippen LogP contribution in [0, 0.1) is 19.7 Å².